The van der Waals surface area contributed by atoms with Crippen molar-refractivity contribution >= 4 is 34.8 Å². The Morgan fingerprint density at radius 2 is 2.25 bits per heavy atom. The highest BCUT2D eigenvalue weighted by Crippen LogP contribution is 2.20. The minimum Gasteiger partial charge on any atom is -0.443 e. The third-order valence-electron chi connectivity index (χ3n) is 1.59. The van der Waals surface area contributed by atoms with Crippen molar-refractivity contribution in [2.45, 2.75) is 33.3 Å². The van der Waals surface area contributed by atoms with E-state index in [4.69, 9.17) is 17.0 Å². The number of H-pyrrole nitrogens is 1. The van der Waals surface area contributed by atoms with Gasteiger partial charge >= 0.3 is 6.09 Å². The zero-order valence-corrected chi connectivity index (χ0v) is 11.4. The van der Waals surface area contributed by atoms with Crippen molar-refractivity contribution in [1.82, 2.24) is 10.2 Å². The minimum absolute atomic E-state index is 0.409. The maximum atomic E-state index is 11.8. The number of ether oxygens (including phenoxy) is 1. The number of rotatable bonds is 2. The van der Waals surface area contributed by atoms with Crippen molar-refractivity contribution in [2.75, 3.05) is 11.4 Å². The number of amides is 1. The van der Waals surface area contributed by atoms with Gasteiger partial charge in [-0.2, -0.15) is 0 Å². The van der Waals surface area contributed by atoms with Crippen molar-refractivity contribution in [2.24, 2.45) is 0 Å². The SMILES string of the molecule is CCN(C(=O)OC(C)(C)C)c1n[nH]c(=S)s1. The molecule has 16 heavy (non-hydrogen) atoms. The summed E-state index contributed by atoms with van der Waals surface area (Å²) in [6, 6.07) is 0. The fraction of sp³-hybridized carbons (Fsp3) is 0.667. The number of anilines is 1. The summed E-state index contributed by atoms with van der Waals surface area (Å²) in [5.74, 6) is 0. The van der Waals surface area contributed by atoms with Gasteiger partial charge in [0.05, 0.1) is 0 Å². The van der Waals surface area contributed by atoms with Crippen LogP contribution in [0.5, 0.6) is 0 Å². The monoisotopic (exact) mass is 261 g/mol. The Hall–Kier alpha value is -0.950. The average molecular weight is 261 g/mol. The molecule has 5 nitrogen and oxygen atoms in total. The van der Waals surface area contributed by atoms with E-state index in [-0.39, 0.29) is 0 Å². The first-order valence-corrected chi connectivity index (χ1v) is 6.12. The van der Waals surface area contributed by atoms with Gasteiger partial charge in [-0.1, -0.05) is 11.3 Å². The van der Waals surface area contributed by atoms with Crippen LogP contribution in [-0.4, -0.2) is 28.4 Å². The molecule has 0 aliphatic rings. The molecule has 0 fully saturated rings. The van der Waals surface area contributed by atoms with Gasteiger partial charge < -0.3 is 4.74 Å². The van der Waals surface area contributed by atoms with E-state index in [1.807, 2.05) is 27.7 Å². The predicted molar refractivity (Wildman–Crippen MR) is 66.6 cm³/mol. The lowest BCUT2D eigenvalue weighted by Crippen LogP contribution is -2.36. The number of hydrogen-bond donors (Lipinski definition) is 1. The van der Waals surface area contributed by atoms with Gasteiger partial charge in [0.2, 0.25) is 5.13 Å². The Bertz CT molecular complexity index is 419. The highest BCUT2D eigenvalue weighted by Gasteiger charge is 2.23. The largest absolute Gasteiger partial charge is 0.443 e. The Morgan fingerprint density at radius 3 is 2.62 bits per heavy atom. The van der Waals surface area contributed by atoms with Crippen LogP contribution in [0, 0.1) is 3.95 Å². The topological polar surface area (TPSA) is 58.2 Å². The van der Waals surface area contributed by atoms with E-state index < -0.39 is 11.7 Å². The normalized spacial score (nSPS) is 11.2. The van der Waals surface area contributed by atoms with E-state index in [2.05, 4.69) is 10.2 Å². The molecule has 0 aromatic carbocycles. The van der Waals surface area contributed by atoms with Crippen molar-refractivity contribution in [3.05, 3.63) is 3.95 Å². The molecule has 1 heterocycles. The van der Waals surface area contributed by atoms with E-state index in [1.165, 1.54) is 16.2 Å². The van der Waals surface area contributed by atoms with Gasteiger partial charge in [-0.3, -0.25) is 10.00 Å². The summed E-state index contributed by atoms with van der Waals surface area (Å²) >= 11 is 6.17. The van der Waals surface area contributed by atoms with Gasteiger partial charge in [-0.15, -0.1) is 5.10 Å². The summed E-state index contributed by atoms with van der Waals surface area (Å²) in [5, 5.41) is 7.12. The molecule has 90 valence electrons. The average Bonchev–Trinajstić information content (AvgIpc) is 2.49. The Morgan fingerprint density at radius 1 is 1.62 bits per heavy atom. The van der Waals surface area contributed by atoms with E-state index in [0.717, 1.165) is 0 Å². The van der Waals surface area contributed by atoms with E-state index in [9.17, 15) is 4.79 Å². The molecule has 0 spiro atoms. The molecule has 0 radical (unpaired) electrons. The summed E-state index contributed by atoms with van der Waals surface area (Å²) in [6.45, 7) is 7.82. The molecule has 1 aromatic heterocycles. The molecular weight excluding hydrogens is 246 g/mol. The third-order valence-corrected chi connectivity index (χ3v) is 2.70. The Kier molecular flexibility index (Phi) is 4.03. The van der Waals surface area contributed by atoms with Crippen LogP contribution in [0.25, 0.3) is 0 Å². The highest BCUT2D eigenvalue weighted by atomic mass is 32.1. The standard InChI is InChI=1S/C9H15N3O2S2/c1-5-12(6-10-11-7(15)16-6)8(13)14-9(2,3)4/h5H2,1-4H3,(H,11,15). The zero-order chi connectivity index (χ0) is 12.3. The Balaban J connectivity index is 2.83. The number of carbonyl (C=O) groups is 1. The van der Waals surface area contributed by atoms with Crippen LogP contribution < -0.4 is 4.90 Å². The first-order valence-electron chi connectivity index (χ1n) is 4.89. The summed E-state index contributed by atoms with van der Waals surface area (Å²) in [7, 11) is 0. The van der Waals surface area contributed by atoms with Crippen LogP contribution >= 0.6 is 23.6 Å². The third kappa shape index (κ3) is 3.57. The van der Waals surface area contributed by atoms with Crippen LogP contribution in [0.4, 0.5) is 9.93 Å². The number of nitrogens with one attached hydrogen (secondary N) is 1. The fourth-order valence-corrected chi connectivity index (χ4v) is 1.93. The maximum absolute atomic E-state index is 11.8. The molecule has 0 saturated heterocycles. The predicted octanol–water partition coefficient (Wildman–Crippen LogP) is 2.96. The van der Waals surface area contributed by atoms with Crippen LogP contribution in [0.1, 0.15) is 27.7 Å². The molecule has 1 amide bonds. The van der Waals surface area contributed by atoms with Crippen molar-refractivity contribution in [3.63, 3.8) is 0 Å². The summed E-state index contributed by atoms with van der Waals surface area (Å²) < 4.78 is 5.80. The molecule has 0 aliphatic heterocycles. The van der Waals surface area contributed by atoms with Gasteiger partial charge in [0.15, 0.2) is 3.95 Å². The lowest BCUT2D eigenvalue weighted by molar-refractivity contribution is 0.0582. The molecule has 0 saturated carbocycles. The molecule has 0 atom stereocenters. The van der Waals surface area contributed by atoms with Gasteiger partial charge in [-0.05, 0) is 39.9 Å². The van der Waals surface area contributed by atoms with Gasteiger partial charge in [0, 0.05) is 6.54 Å². The van der Waals surface area contributed by atoms with Crippen LogP contribution in [0.15, 0.2) is 0 Å². The second-order valence-electron chi connectivity index (χ2n) is 4.12. The molecule has 1 rings (SSSR count). The van der Waals surface area contributed by atoms with Gasteiger partial charge in [-0.25, -0.2) is 4.79 Å². The maximum Gasteiger partial charge on any atom is 0.416 e. The number of aromatic amines is 1. The lowest BCUT2D eigenvalue weighted by atomic mass is 10.2. The molecular formula is C9H15N3O2S2. The molecule has 1 N–H and O–H groups in total. The van der Waals surface area contributed by atoms with Crippen LogP contribution in [0.3, 0.4) is 0 Å². The van der Waals surface area contributed by atoms with Crippen LogP contribution in [-0.2, 0) is 4.74 Å². The molecule has 7 heteroatoms. The van der Waals surface area contributed by atoms with Crippen molar-refractivity contribution < 1.29 is 9.53 Å². The second-order valence-corrected chi connectivity index (χ2v) is 5.76. The molecule has 0 unspecified atom stereocenters. The molecule has 1 aromatic rings. The van der Waals surface area contributed by atoms with Crippen molar-refractivity contribution in [3.8, 4) is 0 Å². The molecule has 0 aliphatic carbocycles. The van der Waals surface area contributed by atoms with Gasteiger partial charge in [0.25, 0.3) is 0 Å². The number of carbonyl (C=O) groups excluding carboxylic acids is 1. The quantitative estimate of drug-likeness (QED) is 0.831. The van der Waals surface area contributed by atoms with Gasteiger partial charge in [0.1, 0.15) is 5.60 Å². The summed E-state index contributed by atoms with van der Waals surface area (Å²) in [4.78, 5) is 13.3. The van der Waals surface area contributed by atoms with E-state index >= 15 is 0 Å². The second kappa shape index (κ2) is 4.92. The van der Waals surface area contributed by atoms with Crippen LogP contribution in [0.2, 0.25) is 0 Å². The number of hydrogen-bond acceptors (Lipinski definition) is 5. The highest BCUT2D eigenvalue weighted by molar-refractivity contribution is 7.73. The number of aromatic nitrogens is 2. The van der Waals surface area contributed by atoms with Crippen molar-refractivity contribution in [1.29, 1.82) is 0 Å². The smallest absolute Gasteiger partial charge is 0.416 e. The van der Waals surface area contributed by atoms with E-state index in [1.54, 1.807) is 0 Å². The number of nitrogens with zero attached hydrogens (tertiary/aromatic N) is 2. The summed E-state index contributed by atoms with van der Waals surface area (Å²) in [5.41, 5.74) is -0.512. The first kappa shape index (κ1) is 13.1. The Labute approximate surface area is 103 Å². The lowest BCUT2D eigenvalue weighted by Gasteiger charge is -2.24. The van der Waals surface area contributed by atoms with E-state index in [0.29, 0.717) is 15.6 Å². The zero-order valence-electron chi connectivity index (χ0n) is 9.73. The summed E-state index contributed by atoms with van der Waals surface area (Å²) in [6.07, 6.45) is -0.409. The minimum atomic E-state index is -0.512. The first-order chi connectivity index (χ1) is 7.33. The fourth-order valence-electron chi connectivity index (χ4n) is 0.997. The molecule has 0 bridgehead atoms.